The van der Waals surface area contributed by atoms with Crippen LogP contribution in [0.2, 0.25) is 0 Å². The molecule has 29 heavy (non-hydrogen) atoms. The lowest BCUT2D eigenvalue weighted by Crippen LogP contribution is -2.51. The molecule has 0 radical (unpaired) electrons. The van der Waals surface area contributed by atoms with Crippen LogP contribution in [0.1, 0.15) is 18.5 Å². The van der Waals surface area contributed by atoms with Gasteiger partial charge in [0.1, 0.15) is 6.04 Å². The first-order valence-electron chi connectivity index (χ1n) is 9.01. The van der Waals surface area contributed by atoms with Gasteiger partial charge in [0.05, 0.1) is 12.3 Å². The summed E-state index contributed by atoms with van der Waals surface area (Å²) in [5.41, 5.74) is -0.631. The van der Waals surface area contributed by atoms with Crippen LogP contribution in [0.4, 0.5) is 10.1 Å². The van der Waals surface area contributed by atoms with Gasteiger partial charge < -0.3 is 20.1 Å². The second kappa shape index (κ2) is 8.00. The van der Waals surface area contributed by atoms with Crippen molar-refractivity contribution < 1.29 is 28.6 Å². The minimum atomic E-state index is -3.17. The summed E-state index contributed by atoms with van der Waals surface area (Å²) in [7, 11) is 1.50. The van der Waals surface area contributed by atoms with E-state index >= 15 is 0 Å². The molecule has 1 heterocycles. The van der Waals surface area contributed by atoms with Crippen LogP contribution < -0.4 is 10.2 Å². The number of carboxylic acids is 1. The monoisotopic (exact) mass is 400 g/mol. The Kier molecular flexibility index (Phi) is 5.65. The standard InChI is InChI=1S/C21H21FN2O5/c1-21(22,20(27)28)19(26)23-17-15-9-4-3-7-13(15)14-8-5-6-10-16(14)24(18(17)25)11-12-29-2/h3-10,17H,11-12H2,1-2H3,(H,23,26)(H,27,28)/t17-,21+/m0/s1. The van der Waals surface area contributed by atoms with E-state index < -0.39 is 29.5 Å². The molecule has 7 nitrogen and oxygen atoms in total. The second-order valence-electron chi connectivity index (χ2n) is 6.80. The van der Waals surface area contributed by atoms with Gasteiger partial charge in [-0.25, -0.2) is 9.18 Å². The fraction of sp³-hybridized carbons (Fsp3) is 0.286. The molecule has 2 N–H and O–H groups in total. The molecule has 2 amide bonds. The maximum Gasteiger partial charge on any atom is 0.351 e. The minimum Gasteiger partial charge on any atom is -0.478 e. The highest BCUT2D eigenvalue weighted by Gasteiger charge is 2.45. The van der Waals surface area contributed by atoms with E-state index in [1.54, 1.807) is 36.4 Å². The molecule has 3 rings (SSSR count). The summed E-state index contributed by atoms with van der Waals surface area (Å²) in [6, 6.07) is 12.9. The minimum absolute atomic E-state index is 0.207. The number of carbonyl (C=O) groups is 3. The van der Waals surface area contributed by atoms with Crippen LogP contribution in [0.5, 0.6) is 0 Å². The quantitative estimate of drug-likeness (QED) is 0.726. The summed E-state index contributed by atoms with van der Waals surface area (Å²) < 4.78 is 19.5. The molecule has 0 aromatic heterocycles. The van der Waals surface area contributed by atoms with Gasteiger partial charge in [0.15, 0.2) is 0 Å². The van der Waals surface area contributed by atoms with E-state index in [1.165, 1.54) is 12.0 Å². The largest absolute Gasteiger partial charge is 0.478 e. The first-order valence-corrected chi connectivity index (χ1v) is 9.01. The van der Waals surface area contributed by atoms with Crippen LogP contribution in [0, 0.1) is 0 Å². The average Bonchev–Trinajstić information content (AvgIpc) is 2.80. The number of alkyl halides is 1. The van der Waals surface area contributed by atoms with Gasteiger partial charge in [-0.1, -0.05) is 42.5 Å². The number of nitrogens with one attached hydrogen (secondary N) is 1. The molecule has 152 valence electrons. The first kappa shape index (κ1) is 20.5. The topological polar surface area (TPSA) is 95.9 Å². The molecule has 2 aromatic carbocycles. The smallest absolute Gasteiger partial charge is 0.351 e. The maximum absolute atomic E-state index is 14.4. The molecule has 1 aliphatic heterocycles. The van der Waals surface area contributed by atoms with Crippen molar-refractivity contribution in [1.29, 1.82) is 0 Å². The molecule has 0 fully saturated rings. The number of ether oxygens (including phenoxy) is 1. The Morgan fingerprint density at radius 2 is 1.79 bits per heavy atom. The van der Waals surface area contributed by atoms with Gasteiger partial charge in [-0.3, -0.25) is 9.59 Å². The first-order chi connectivity index (χ1) is 13.8. The SMILES string of the molecule is COCCN1C(=O)[C@@H](NC(=O)[C@@](C)(F)C(=O)O)c2ccccc2-c2ccccc21. The third-order valence-corrected chi connectivity index (χ3v) is 4.89. The van der Waals surface area contributed by atoms with Crippen molar-refractivity contribution in [2.75, 3.05) is 25.2 Å². The van der Waals surface area contributed by atoms with Gasteiger partial charge in [-0.2, -0.15) is 0 Å². The van der Waals surface area contributed by atoms with Crippen molar-refractivity contribution in [2.24, 2.45) is 0 Å². The number of anilines is 1. The predicted molar refractivity (Wildman–Crippen MR) is 104 cm³/mol. The van der Waals surface area contributed by atoms with Gasteiger partial charge in [0.2, 0.25) is 0 Å². The molecule has 1 aliphatic rings. The van der Waals surface area contributed by atoms with Gasteiger partial charge in [0, 0.05) is 19.2 Å². The Hall–Kier alpha value is -3.26. The molecule has 0 saturated carbocycles. The number of rotatable bonds is 6. The molecular formula is C21H21FN2O5. The zero-order valence-electron chi connectivity index (χ0n) is 16.0. The number of methoxy groups -OCH3 is 1. The predicted octanol–water partition coefficient (Wildman–Crippen LogP) is 2.32. The molecular weight excluding hydrogens is 379 g/mol. The van der Waals surface area contributed by atoms with Crippen LogP contribution in [0.25, 0.3) is 11.1 Å². The number of benzene rings is 2. The number of carboxylic acid groups (broad SMARTS) is 1. The van der Waals surface area contributed by atoms with Crippen molar-refractivity contribution in [3.8, 4) is 11.1 Å². The van der Waals surface area contributed by atoms with Crippen LogP contribution >= 0.6 is 0 Å². The zero-order valence-corrected chi connectivity index (χ0v) is 16.0. The van der Waals surface area contributed by atoms with E-state index in [0.29, 0.717) is 23.7 Å². The zero-order chi connectivity index (χ0) is 21.2. The highest BCUT2D eigenvalue weighted by molar-refractivity contribution is 6.09. The Labute approximate surface area is 167 Å². The molecule has 2 aromatic rings. The second-order valence-corrected chi connectivity index (χ2v) is 6.80. The number of carbonyl (C=O) groups excluding carboxylic acids is 2. The van der Waals surface area contributed by atoms with Crippen molar-refractivity contribution in [3.05, 3.63) is 54.1 Å². The fourth-order valence-electron chi connectivity index (χ4n) is 3.25. The number of fused-ring (bicyclic) bond motifs is 3. The van der Waals surface area contributed by atoms with E-state index in [9.17, 15) is 18.8 Å². The van der Waals surface area contributed by atoms with E-state index in [4.69, 9.17) is 9.84 Å². The highest BCUT2D eigenvalue weighted by atomic mass is 19.1. The van der Waals surface area contributed by atoms with Crippen LogP contribution in [-0.4, -0.2) is 48.8 Å². The van der Waals surface area contributed by atoms with Crippen molar-refractivity contribution >= 4 is 23.5 Å². The van der Waals surface area contributed by atoms with Crippen LogP contribution in [0.15, 0.2) is 48.5 Å². The Bertz CT molecular complexity index is 960. The van der Waals surface area contributed by atoms with E-state index in [1.807, 2.05) is 12.1 Å². The molecule has 0 aliphatic carbocycles. The fourth-order valence-corrected chi connectivity index (χ4v) is 3.25. The lowest BCUT2D eigenvalue weighted by atomic mass is 9.95. The van der Waals surface area contributed by atoms with Gasteiger partial charge in [-0.05, 0) is 24.1 Å². The third kappa shape index (κ3) is 3.71. The van der Waals surface area contributed by atoms with E-state index in [-0.39, 0.29) is 13.2 Å². The van der Waals surface area contributed by atoms with E-state index in [2.05, 4.69) is 5.32 Å². The summed E-state index contributed by atoms with van der Waals surface area (Å²) in [4.78, 5) is 38.4. The third-order valence-electron chi connectivity index (χ3n) is 4.89. The van der Waals surface area contributed by atoms with Gasteiger partial charge >= 0.3 is 5.97 Å². The Morgan fingerprint density at radius 1 is 1.17 bits per heavy atom. The van der Waals surface area contributed by atoms with E-state index in [0.717, 1.165) is 5.56 Å². The van der Waals surface area contributed by atoms with Crippen LogP contribution in [0.3, 0.4) is 0 Å². The number of para-hydroxylation sites is 1. The summed E-state index contributed by atoms with van der Waals surface area (Å²) in [6.45, 7) is 1.10. The molecule has 0 bridgehead atoms. The van der Waals surface area contributed by atoms with Crippen molar-refractivity contribution in [2.45, 2.75) is 18.6 Å². The van der Waals surface area contributed by atoms with Gasteiger partial charge in [0.25, 0.3) is 17.5 Å². The lowest BCUT2D eigenvalue weighted by molar-refractivity contribution is -0.157. The summed E-state index contributed by atoms with van der Waals surface area (Å²) in [5, 5.41) is 11.3. The highest BCUT2D eigenvalue weighted by Crippen LogP contribution is 2.40. The number of halogens is 1. The maximum atomic E-state index is 14.4. The Balaban J connectivity index is 2.13. The van der Waals surface area contributed by atoms with Crippen LogP contribution in [-0.2, 0) is 19.1 Å². The average molecular weight is 400 g/mol. The number of hydrogen-bond acceptors (Lipinski definition) is 4. The number of nitrogens with zero attached hydrogens (tertiary/aromatic N) is 1. The normalized spacial score (nSPS) is 17.6. The molecule has 0 unspecified atom stereocenters. The number of aliphatic carboxylic acids is 1. The summed E-state index contributed by atoms with van der Waals surface area (Å²) in [6.07, 6.45) is 0. The van der Waals surface area contributed by atoms with Crippen molar-refractivity contribution in [1.82, 2.24) is 5.32 Å². The summed E-state index contributed by atoms with van der Waals surface area (Å²) in [5.74, 6) is -3.83. The molecule has 0 spiro atoms. The molecule has 2 atom stereocenters. The molecule has 8 heteroatoms. The lowest BCUT2D eigenvalue weighted by Gasteiger charge is -2.27. The summed E-state index contributed by atoms with van der Waals surface area (Å²) >= 11 is 0. The number of hydrogen-bond donors (Lipinski definition) is 2. The Morgan fingerprint density at radius 3 is 2.45 bits per heavy atom. The molecule has 0 saturated heterocycles. The van der Waals surface area contributed by atoms with Gasteiger partial charge in [-0.15, -0.1) is 0 Å². The number of amides is 2. The van der Waals surface area contributed by atoms with Crippen molar-refractivity contribution in [3.63, 3.8) is 0 Å².